The third kappa shape index (κ3) is 2.48. The van der Waals surface area contributed by atoms with Crippen LogP contribution in [0.25, 0.3) is 0 Å². The van der Waals surface area contributed by atoms with Gasteiger partial charge in [0.2, 0.25) is 0 Å². The molecule has 0 unspecified atom stereocenters. The molecule has 0 aromatic rings. The second-order valence-electron chi connectivity index (χ2n) is 4.94. The largest absolute Gasteiger partial charge is 0.785 e. The Labute approximate surface area is 87.3 Å². The smallest absolute Gasteiger partial charge is 0.00241 e. The number of hydroxylamine groups is 2. The van der Waals surface area contributed by atoms with Crippen molar-refractivity contribution in [2.75, 3.05) is 0 Å². The molecule has 2 rings (SSSR count). The lowest BCUT2D eigenvalue weighted by Crippen LogP contribution is -2.40. The summed E-state index contributed by atoms with van der Waals surface area (Å²) in [6.45, 7) is 0. The Kier molecular flexibility index (Phi) is 3.82. The summed E-state index contributed by atoms with van der Waals surface area (Å²) in [5.74, 6) is 0. The van der Waals surface area contributed by atoms with E-state index < -0.39 is 0 Å². The SMILES string of the molecule is [O-]N(C1CCCCC1)C1CCCCC1. The Hall–Kier alpha value is -0.0800. The minimum absolute atomic E-state index is 0.367. The first kappa shape index (κ1) is 10.4. The summed E-state index contributed by atoms with van der Waals surface area (Å²) in [7, 11) is 0. The van der Waals surface area contributed by atoms with E-state index in [-0.39, 0.29) is 0 Å². The van der Waals surface area contributed by atoms with E-state index >= 15 is 0 Å². The van der Waals surface area contributed by atoms with Gasteiger partial charge in [0.25, 0.3) is 0 Å². The van der Waals surface area contributed by atoms with Crippen LogP contribution in [0.3, 0.4) is 0 Å². The number of hydrogen-bond donors (Lipinski definition) is 0. The van der Waals surface area contributed by atoms with Crippen LogP contribution in [-0.4, -0.2) is 17.1 Å². The van der Waals surface area contributed by atoms with Crippen LogP contribution in [0.2, 0.25) is 0 Å². The van der Waals surface area contributed by atoms with Crippen LogP contribution in [0.5, 0.6) is 0 Å². The van der Waals surface area contributed by atoms with Gasteiger partial charge in [-0.25, -0.2) is 0 Å². The highest BCUT2D eigenvalue weighted by Gasteiger charge is 2.21. The molecule has 0 amide bonds. The van der Waals surface area contributed by atoms with Gasteiger partial charge in [0.1, 0.15) is 0 Å². The lowest BCUT2D eigenvalue weighted by Gasteiger charge is -2.46. The van der Waals surface area contributed by atoms with Crippen molar-refractivity contribution in [2.24, 2.45) is 0 Å². The third-order valence-corrected chi connectivity index (χ3v) is 3.87. The highest BCUT2D eigenvalue weighted by atomic mass is 16.5. The van der Waals surface area contributed by atoms with Gasteiger partial charge >= 0.3 is 0 Å². The van der Waals surface area contributed by atoms with E-state index in [1.54, 1.807) is 0 Å². The van der Waals surface area contributed by atoms with Crippen LogP contribution in [-0.2, 0) is 0 Å². The fourth-order valence-electron chi connectivity index (χ4n) is 2.97. The van der Waals surface area contributed by atoms with E-state index in [1.807, 2.05) is 0 Å². The molecular weight excluding hydrogens is 174 g/mol. The minimum Gasteiger partial charge on any atom is -0.785 e. The van der Waals surface area contributed by atoms with Crippen LogP contribution >= 0.6 is 0 Å². The van der Waals surface area contributed by atoms with Crippen LogP contribution in [0.15, 0.2) is 0 Å². The van der Waals surface area contributed by atoms with E-state index in [2.05, 4.69) is 0 Å². The summed E-state index contributed by atoms with van der Waals surface area (Å²) in [4.78, 5) is 0. The van der Waals surface area contributed by atoms with Gasteiger partial charge in [-0.15, -0.1) is 0 Å². The van der Waals surface area contributed by atoms with Crippen molar-refractivity contribution in [3.8, 4) is 0 Å². The van der Waals surface area contributed by atoms with Crippen LogP contribution in [0.1, 0.15) is 64.2 Å². The average Bonchev–Trinajstić information content (AvgIpc) is 2.30. The van der Waals surface area contributed by atoms with E-state index in [4.69, 9.17) is 0 Å². The average molecular weight is 196 g/mol. The van der Waals surface area contributed by atoms with E-state index in [1.165, 1.54) is 43.6 Å². The van der Waals surface area contributed by atoms with Gasteiger partial charge in [-0.3, -0.25) is 0 Å². The van der Waals surface area contributed by atoms with Gasteiger partial charge in [0.15, 0.2) is 0 Å². The predicted octanol–water partition coefficient (Wildman–Crippen LogP) is 3.45. The zero-order valence-corrected chi connectivity index (χ0v) is 9.08. The molecule has 0 aromatic heterocycles. The summed E-state index contributed by atoms with van der Waals surface area (Å²) in [5.41, 5.74) is 0. The Balaban J connectivity index is 1.82. The molecule has 82 valence electrons. The topological polar surface area (TPSA) is 26.3 Å². The summed E-state index contributed by atoms with van der Waals surface area (Å²) < 4.78 is 0. The summed E-state index contributed by atoms with van der Waals surface area (Å²) in [5, 5.41) is 13.5. The minimum atomic E-state index is 0.367. The van der Waals surface area contributed by atoms with Crippen LogP contribution in [0, 0.1) is 5.21 Å². The Morgan fingerprint density at radius 3 is 1.36 bits per heavy atom. The maximum atomic E-state index is 12.1. The number of nitrogens with zero attached hydrogens (tertiary/aromatic N) is 1. The molecule has 2 fully saturated rings. The van der Waals surface area contributed by atoms with Crippen molar-refractivity contribution in [2.45, 2.75) is 76.3 Å². The molecule has 0 bridgehead atoms. The van der Waals surface area contributed by atoms with Gasteiger partial charge < -0.3 is 10.3 Å². The van der Waals surface area contributed by atoms with E-state index in [9.17, 15) is 5.21 Å². The monoisotopic (exact) mass is 196 g/mol. The summed E-state index contributed by atoms with van der Waals surface area (Å²) in [6.07, 6.45) is 12.4. The van der Waals surface area contributed by atoms with Gasteiger partial charge in [-0.1, -0.05) is 38.5 Å². The van der Waals surface area contributed by atoms with Crippen LogP contribution in [0.4, 0.5) is 0 Å². The molecule has 0 spiro atoms. The molecule has 0 saturated heterocycles. The highest BCUT2D eigenvalue weighted by molar-refractivity contribution is 4.83. The Morgan fingerprint density at radius 2 is 1.00 bits per heavy atom. The number of rotatable bonds is 2. The van der Waals surface area contributed by atoms with Crippen molar-refractivity contribution in [1.82, 2.24) is 5.06 Å². The van der Waals surface area contributed by atoms with Crippen molar-refractivity contribution in [1.29, 1.82) is 0 Å². The molecule has 0 aromatic carbocycles. The van der Waals surface area contributed by atoms with Crippen molar-refractivity contribution in [3.63, 3.8) is 0 Å². The quantitative estimate of drug-likeness (QED) is 0.632. The molecular formula is C12H22NO-. The standard InChI is InChI=1S/C12H22NO/c14-13(11-7-3-1-4-8-11)12-9-5-2-6-10-12/h11-12H,1-10H2/q-1. The predicted molar refractivity (Wildman–Crippen MR) is 59.0 cm³/mol. The first-order valence-electron chi connectivity index (χ1n) is 6.33. The maximum Gasteiger partial charge on any atom is -0.00241 e. The van der Waals surface area contributed by atoms with Gasteiger partial charge in [0, 0.05) is 0 Å². The molecule has 0 atom stereocenters. The molecule has 0 radical (unpaired) electrons. The lowest BCUT2D eigenvalue weighted by atomic mass is 9.90. The second-order valence-corrected chi connectivity index (χ2v) is 4.94. The van der Waals surface area contributed by atoms with Crippen LogP contribution < -0.4 is 0 Å². The van der Waals surface area contributed by atoms with Crippen molar-refractivity contribution < 1.29 is 0 Å². The normalized spacial score (nSPS) is 27.0. The molecule has 2 aliphatic carbocycles. The first-order valence-corrected chi connectivity index (χ1v) is 6.33. The van der Waals surface area contributed by atoms with Crippen molar-refractivity contribution >= 4 is 0 Å². The molecule has 14 heavy (non-hydrogen) atoms. The van der Waals surface area contributed by atoms with E-state index in [0.29, 0.717) is 12.1 Å². The van der Waals surface area contributed by atoms with E-state index in [0.717, 1.165) is 25.7 Å². The van der Waals surface area contributed by atoms with Crippen molar-refractivity contribution in [3.05, 3.63) is 5.21 Å². The van der Waals surface area contributed by atoms with Gasteiger partial charge in [0.05, 0.1) is 0 Å². The van der Waals surface area contributed by atoms with Gasteiger partial charge in [-0.05, 0) is 37.8 Å². The fourth-order valence-corrected chi connectivity index (χ4v) is 2.97. The zero-order chi connectivity index (χ0) is 9.80. The van der Waals surface area contributed by atoms with Gasteiger partial charge in [-0.2, -0.15) is 0 Å². The zero-order valence-electron chi connectivity index (χ0n) is 9.08. The summed E-state index contributed by atoms with van der Waals surface area (Å²) >= 11 is 0. The highest BCUT2D eigenvalue weighted by Crippen LogP contribution is 2.28. The molecule has 0 heterocycles. The number of hydrogen-bond acceptors (Lipinski definition) is 2. The maximum absolute atomic E-state index is 12.1. The molecule has 0 N–H and O–H groups in total. The Bertz CT molecular complexity index is 142. The Morgan fingerprint density at radius 1 is 0.643 bits per heavy atom. The molecule has 0 aliphatic heterocycles. The molecule has 2 heteroatoms. The molecule has 2 aliphatic rings. The fraction of sp³-hybridized carbons (Fsp3) is 1.00. The third-order valence-electron chi connectivity index (χ3n) is 3.87. The second kappa shape index (κ2) is 5.13. The summed E-state index contributed by atoms with van der Waals surface area (Å²) in [6, 6.07) is 0.735. The molecule has 2 nitrogen and oxygen atoms in total. The lowest BCUT2D eigenvalue weighted by molar-refractivity contribution is 0.134. The first-order chi connectivity index (χ1) is 6.88. The molecule has 2 saturated carbocycles.